The van der Waals surface area contributed by atoms with Crippen molar-refractivity contribution < 1.29 is 17.6 Å². The SMILES string of the molecule is CCCCCc1cc2c(c(F)c1F)-c1c(cc(C3CCC(CCC)CC3)c(F)c1F)C2. The quantitative estimate of drug-likeness (QED) is 0.259. The predicted molar refractivity (Wildman–Crippen MR) is 117 cm³/mol. The van der Waals surface area contributed by atoms with Crippen molar-refractivity contribution in [1.82, 2.24) is 0 Å². The van der Waals surface area contributed by atoms with Crippen molar-refractivity contribution in [3.8, 4) is 11.1 Å². The average Bonchev–Trinajstić information content (AvgIpc) is 3.14. The highest BCUT2D eigenvalue weighted by Crippen LogP contribution is 2.46. The molecule has 0 heterocycles. The van der Waals surface area contributed by atoms with Gasteiger partial charge in [0.05, 0.1) is 0 Å². The number of halogens is 4. The highest BCUT2D eigenvalue weighted by Gasteiger charge is 2.34. The Kier molecular flexibility index (Phi) is 6.74. The standard InChI is InChI=1S/C27H32F4/c1-3-5-6-8-18-13-19-14-20-15-21(17-11-9-16(7-4-2)10-12-17)25(29)27(31)23(20)22(19)26(30)24(18)28/h13,15-17H,3-12,14H2,1-2H3. The normalized spacial score (nSPS) is 20.1. The molecule has 4 rings (SSSR count). The topological polar surface area (TPSA) is 0 Å². The Morgan fingerprint density at radius 3 is 2.03 bits per heavy atom. The second kappa shape index (κ2) is 9.34. The zero-order valence-corrected chi connectivity index (χ0v) is 18.6. The van der Waals surface area contributed by atoms with E-state index < -0.39 is 23.3 Å². The minimum Gasteiger partial charge on any atom is -0.203 e. The van der Waals surface area contributed by atoms with Gasteiger partial charge in [-0.15, -0.1) is 0 Å². The monoisotopic (exact) mass is 432 g/mol. The molecule has 4 heteroatoms. The van der Waals surface area contributed by atoms with Gasteiger partial charge >= 0.3 is 0 Å². The van der Waals surface area contributed by atoms with E-state index in [1.807, 2.05) is 0 Å². The van der Waals surface area contributed by atoms with Crippen molar-refractivity contribution in [1.29, 1.82) is 0 Å². The fraction of sp³-hybridized carbons (Fsp3) is 0.556. The number of hydrogen-bond donors (Lipinski definition) is 0. The zero-order valence-electron chi connectivity index (χ0n) is 18.6. The third kappa shape index (κ3) is 4.15. The van der Waals surface area contributed by atoms with Gasteiger partial charge in [-0.05, 0) is 79.0 Å². The summed E-state index contributed by atoms with van der Waals surface area (Å²) in [6.45, 7) is 4.23. The van der Waals surface area contributed by atoms with Crippen LogP contribution < -0.4 is 0 Å². The van der Waals surface area contributed by atoms with E-state index in [4.69, 9.17) is 0 Å². The summed E-state index contributed by atoms with van der Waals surface area (Å²) in [5.74, 6) is -3.16. The molecule has 1 saturated carbocycles. The van der Waals surface area contributed by atoms with Gasteiger partial charge in [-0.25, -0.2) is 17.6 Å². The van der Waals surface area contributed by atoms with Crippen molar-refractivity contribution >= 4 is 0 Å². The smallest absolute Gasteiger partial charge is 0.167 e. The van der Waals surface area contributed by atoms with Gasteiger partial charge in [-0.3, -0.25) is 0 Å². The maximum atomic E-state index is 15.2. The minimum atomic E-state index is -1.03. The molecular formula is C27H32F4. The number of fused-ring (bicyclic) bond motifs is 3. The fourth-order valence-corrected chi connectivity index (χ4v) is 5.68. The molecule has 31 heavy (non-hydrogen) atoms. The lowest BCUT2D eigenvalue weighted by molar-refractivity contribution is 0.303. The summed E-state index contributed by atoms with van der Waals surface area (Å²) < 4.78 is 60.0. The Morgan fingerprint density at radius 2 is 1.39 bits per heavy atom. The van der Waals surface area contributed by atoms with Crippen LogP contribution in [-0.4, -0.2) is 0 Å². The van der Waals surface area contributed by atoms with Gasteiger partial charge in [0.2, 0.25) is 0 Å². The molecule has 0 radical (unpaired) electrons. The average molecular weight is 433 g/mol. The summed E-state index contributed by atoms with van der Waals surface area (Å²) in [7, 11) is 0. The number of unbranched alkanes of at least 4 members (excludes halogenated alkanes) is 2. The highest BCUT2D eigenvalue weighted by atomic mass is 19.2. The number of benzene rings is 2. The van der Waals surface area contributed by atoms with Crippen LogP contribution in [0.4, 0.5) is 17.6 Å². The van der Waals surface area contributed by atoms with E-state index in [9.17, 15) is 8.78 Å². The van der Waals surface area contributed by atoms with Gasteiger partial charge in [-0.1, -0.05) is 51.7 Å². The zero-order chi connectivity index (χ0) is 22.1. The first-order valence-electron chi connectivity index (χ1n) is 12.0. The Morgan fingerprint density at radius 1 is 0.742 bits per heavy atom. The van der Waals surface area contributed by atoms with Gasteiger partial charge in [0.15, 0.2) is 23.3 Å². The Labute approximate surface area is 183 Å². The first-order valence-corrected chi connectivity index (χ1v) is 12.0. The Balaban J connectivity index is 1.66. The van der Waals surface area contributed by atoms with Crippen molar-refractivity contribution in [2.45, 2.75) is 90.4 Å². The third-order valence-corrected chi connectivity index (χ3v) is 7.34. The van der Waals surface area contributed by atoms with Crippen LogP contribution >= 0.6 is 0 Å². The van der Waals surface area contributed by atoms with Crippen LogP contribution in [0.15, 0.2) is 12.1 Å². The van der Waals surface area contributed by atoms with E-state index in [-0.39, 0.29) is 17.0 Å². The predicted octanol–water partition coefficient (Wildman–Crippen LogP) is 8.62. The first kappa shape index (κ1) is 22.4. The van der Waals surface area contributed by atoms with E-state index in [0.29, 0.717) is 41.0 Å². The maximum absolute atomic E-state index is 15.2. The molecule has 0 spiro atoms. The van der Waals surface area contributed by atoms with E-state index >= 15 is 8.78 Å². The lowest BCUT2D eigenvalue weighted by Gasteiger charge is -2.29. The second-order valence-electron chi connectivity index (χ2n) is 9.47. The third-order valence-electron chi connectivity index (χ3n) is 7.34. The molecule has 2 aromatic rings. The lowest BCUT2D eigenvalue weighted by Crippen LogP contribution is -2.15. The van der Waals surface area contributed by atoms with Crippen molar-refractivity contribution in [3.63, 3.8) is 0 Å². The van der Waals surface area contributed by atoms with Gasteiger partial charge < -0.3 is 0 Å². The lowest BCUT2D eigenvalue weighted by atomic mass is 9.76. The molecule has 2 aliphatic rings. The molecule has 2 aromatic carbocycles. The fourth-order valence-electron chi connectivity index (χ4n) is 5.68. The summed E-state index contributed by atoms with van der Waals surface area (Å²) in [4.78, 5) is 0. The molecule has 0 aliphatic heterocycles. The summed E-state index contributed by atoms with van der Waals surface area (Å²) in [6.07, 6.45) is 9.65. The highest BCUT2D eigenvalue weighted by molar-refractivity contribution is 5.79. The summed E-state index contributed by atoms with van der Waals surface area (Å²) in [5.41, 5.74) is 1.76. The number of aryl methyl sites for hydroxylation is 1. The van der Waals surface area contributed by atoms with E-state index in [1.54, 1.807) is 12.1 Å². The maximum Gasteiger partial charge on any atom is 0.167 e. The van der Waals surface area contributed by atoms with Crippen LogP contribution in [0, 0.1) is 29.2 Å². The van der Waals surface area contributed by atoms with Crippen LogP contribution in [0.5, 0.6) is 0 Å². The molecule has 2 aliphatic carbocycles. The van der Waals surface area contributed by atoms with Crippen LogP contribution in [-0.2, 0) is 12.8 Å². The molecule has 0 unspecified atom stereocenters. The molecule has 0 nitrogen and oxygen atoms in total. The summed E-state index contributed by atoms with van der Waals surface area (Å²) >= 11 is 0. The van der Waals surface area contributed by atoms with Gasteiger partial charge in [0, 0.05) is 11.1 Å². The van der Waals surface area contributed by atoms with E-state index in [1.165, 1.54) is 6.42 Å². The van der Waals surface area contributed by atoms with E-state index in [0.717, 1.165) is 51.4 Å². The van der Waals surface area contributed by atoms with Crippen molar-refractivity contribution in [2.24, 2.45) is 5.92 Å². The molecule has 0 atom stereocenters. The molecule has 168 valence electrons. The largest absolute Gasteiger partial charge is 0.203 e. The van der Waals surface area contributed by atoms with Gasteiger partial charge in [0.25, 0.3) is 0 Å². The molecule has 0 aromatic heterocycles. The molecule has 0 saturated heterocycles. The van der Waals surface area contributed by atoms with Crippen molar-refractivity contribution in [3.05, 3.63) is 57.7 Å². The number of rotatable bonds is 7. The molecule has 0 bridgehead atoms. The van der Waals surface area contributed by atoms with Crippen molar-refractivity contribution in [2.75, 3.05) is 0 Å². The van der Waals surface area contributed by atoms with E-state index in [2.05, 4.69) is 13.8 Å². The van der Waals surface area contributed by atoms with Gasteiger partial charge in [-0.2, -0.15) is 0 Å². The van der Waals surface area contributed by atoms with Gasteiger partial charge in [0.1, 0.15) is 0 Å². The van der Waals surface area contributed by atoms with Crippen LogP contribution in [0.25, 0.3) is 11.1 Å². The summed E-state index contributed by atoms with van der Waals surface area (Å²) in [5, 5.41) is 0. The molecule has 0 N–H and O–H groups in total. The first-order chi connectivity index (χ1) is 15.0. The van der Waals surface area contributed by atoms with Crippen LogP contribution in [0.1, 0.15) is 99.8 Å². The summed E-state index contributed by atoms with van der Waals surface area (Å²) in [6, 6.07) is 3.39. The molecular weight excluding hydrogens is 400 g/mol. The number of hydrogen-bond acceptors (Lipinski definition) is 0. The minimum absolute atomic E-state index is 0.00260. The Bertz CT molecular complexity index is 955. The molecule has 1 fully saturated rings. The Hall–Kier alpha value is -1.84. The van der Waals surface area contributed by atoms with Crippen LogP contribution in [0.3, 0.4) is 0 Å². The molecule has 0 amide bonds. The van der Waals surface area contributed by atoms with Crippen LogP contribution in [0.2, 0.25) is 0 Å². The second-order valence-corrected chi connectivity index (χ2v) is 9.47.